The van der Waals surface area contributed by atoms with E-state index in [1.807, 2.05) is 13.8 Å². The van der Waals surface area contributed by atoms with Gasteiger partial charge in [-0.15, -0.1) is 0 Å². The van der Waals surface area contributed by atoms with Crippen molar-refractivity contribution in [1.29, 1.82) is 0 Å². The van der Waals surface area contributed by atoms with Crippen molar-refractivity contribution in [3.05, 3.63) is 0 Å². The molecule has 1 amide bonds. The van der Waals surface area contributed by atoms with Crippen molar-refractivity contribution >= 4 is 5.91 Å². The van der Waals surface area contributed by atoms with E-state index in [0.717, 1.165) is 25.2 Å². The summed E-state index contributed by atoms with van der Waals surface area (Å²) >= 11 is 0. The molecule has 120 valence electrons. The largest absolute Gasteiger partial charge is 0.396 e. The third-order valence-corrected chi connectivity index (χ3v) is 6.26. The number of rotatable bonds is 4. The minimum Gasteiger partial charge on any atom is -0.396 e. The molecule has 4 saturated carbocycles. The summed E-state index contributed by atoms with van der Waals surface area (Å²) in [4.78, 5) is 13.0. The lowest BCUT2D eigenvalue weighted by Gasteiger charge is -2.64. The maximum Gasteiger partial charge on any atom is 0.226 e. The van der Waals surface area contributed by atoms with E-state index >= 15 is 0 Å². The summed E-state index contributed by atoms with van der Waals surface area (Å²) in [5.74, 6) is 0.999. The molecule has 0 radical (unpaired) electrons. The fraction of sp³-hybridized carbons (Fsp3) is 0.944. The van der Waals surface area contributed by atoms with E-state index in [1.54, 1.807) is 0 Å². The summed E-state index contributed by atoms with van der Waals surface area (Å²) < 4.78 is 0. The number of hydrogen-bond acceptors (Lipinski definition) is 2. The van der Waals surface area contributed by atoms with Crippen molar-refractivity contribution in [2.45, 2.75) is 66.2 Å². The molecule has 4 fully saturated rings. The fourth-order valence-corrected chi connectivity index (χ4v) is 6.26. The van der Waals surface area contributed by atoms with Gasteiger partial charge in [0.2, 0.25) is 5.91 Å². The lowest BCUT2D eigenvalue weighted by molar-refractivity contribution is -0.170. The van der Waals surface area contributed by atoms with E-state index in [-0.39, 0.29) is 23.3 Å². The van der Waals surface area contributed by atoms with Crippen LogP contribution in [0.1, 0.15) is 66.2 Å². The lowest BCUT2D eigenvalue weighted by Crippen LogP contribution is -2.60. The molecule has 2 N–H and O–H groups in total. The van der Waals surface area contributed by atoms with Crippen LogP contribution in [0.2, 0.25) is 0 Å². The van der Waals surface area contributed by atoms with Crippen LogP contribution >= 0.6 is 0 Å². The van der Waals surface area contributed by atoms with Gasteiger partial charge in [0.15, 0.2) is 0 Å². The second kappa shape index (κ2) is 4.47. The van der Waals surface area contributed by atoms with Gasteiger partial charge in [-0.05, 0) is 55.3 Å². The first-order chi connectivity index (χ1) is 9.60. The average Bonchev–Trinajstić information content (AvgIpc) is 2.31. The maximum atomic E-state index is 13.0. The monoisotopic (exact) mass is 293 g/mol. The molecular formula is C18H31NO2. The van der Waals surface area contributed by atoms with Crippen molar-refractivity contribution in [2.75, 3.05) is 13.2 Å². The molecule has 3 heteroatoms. The highest BCUT2D eigenvalue weighted by molar-refractivity contribution is 5.83. The average molecular weight is 293 g/mol. The SMILES string of the molecule is CC(C)(CO)CNC(=O)C12CC3CC(C)(CC(C)(C3)C1)C2. The number of carbonyl (C=O) groups is 1. The van der Waals surface area contributed by atoms with Gasteiger partial charge < -0.3 is 10.4 Å². The Balaban J connectivity index is 1.77. The van der Waals surface area contributed by atoms with Gasteiger partial charge in [-0.25, -0.2) is 0 Å². The Hall–Kier alpha value is -0.570. The summed E-state index contributed by atoms with van der Waals surface area (Å²) in [7, 11) is 0. The van der Waals surface area contributed by atoms with Crippen LogP contribution in [-0.2, 0) is 4.79 Å². The third kappa shape index (κ3) is 2.62. The van der Waals surface area contributed by atoms with Crippen LogP contribution in [0.25, 0.3) is 0 Å². The van der Waals surface area contributed by atoms with Gasteiger partial charge >= 0.3 is 0 Å². The number of carbonyl (C=O) groups excluding carboxylic acids is 1. The molecule has 4 aliphatic rings. The molecule has 2 atom stereocenters. The molecule has 0 aromatic rings. The second-order valence-corrected chi connectivity index (χ2v) is 9.92. The van der Waals surface area contributed by atoms with Gasteiger partial charge in [0.1, 0.15) is 0 Å². The molecular weight excluding hydrogens is 262 g/mol. The molecule has 0 aliphatic heterocycles. The van der Waals surface area contributed by atoms with Gasteiger partial charge in [0.25, 0.3) is 0 Å². The van der Waals surface area contributed by atoms with Gasteiger partial charge in [0.05, 0.1) is 5.41 Å². The Morgan fingerprint density at radius 3 is 2.19 bits per heavy atom. The smallest absolute Gasteiger partial charge is 0.226 e. The molecule has 0 spiro atoms. The maximum absolute atomic E-state index is 13.0. The summed E-state index contributed by atoms with van der Waals surface area (Å²) in [5, 5.41) is 12.5. The predicted molar refractivity (Wildman–Crippen MR) is 83.7 cm³/mol. The number of nitrogens with one attached hydrogen (secondary N) is 1. The molecule has 4 rings (SSSR count). The Morgan fingerprint density at radius 1 is 1.14 bits per heavy atom. The van der Waals surface area contributed by atoms with Crippen molar-refractivity contribution < 1.29 is 9.90 Å². The Morgan fingerprint density at radius 2 is 1.71 bits per heavy atom. The highest BCUT2D eigenvalue weighted by Crippen LogP contribution is 2.69. The van der Waals surface area contributed by atoms with Crippen molar-refractivity contribution in [3.8, 4) is 0 Å². The zero-order valence-electron chi connectivity index (χ0n) is 14.1. The molecule has 0 aromatic carbocycles. The highest BCUT2D eigenvalue weighted by atomic mass is 16.3. The highest BCUT2D eigenvalue weighted by Gasteiger charge is 2.62. The lowest BCUT2D eigenvalue weighted by atomic mass is 9.40. The van der Waals surface area contributed by atoms with Gasteiger partial charge in [0, 0.05) is 18.6 Å². The molecule has 21 heavy (non-hydrogen) atoms. The molecule has 0 saturated heterocycles. The van der Waals surface area contributed by atoms with E-state index in [0.29, 0.717) is 17.4 Å². The number of amides is 1. The zero-order valence-corrected chi connectivity index (χ0v) is 14.1. The normalized spacial score (nSPS) is 44.9. The minimum atomic E-state index is -0.230. The van der Waals surface area contributed by atoms with Crippen molar-refractivity contribution in [2.24, 2.45) is 27.6 Å². The van der Waals surface area contributed by atoms with Crippen LogP contribution in [0.3, 0.4) is 0 Å². The third-order valence-electron chi connectivity index (χ3n) is 6.26. The molecule has 2 unspecified atom stereocenters. The van der Waals surface area contributed by atoms with Crippen molar-refractivity contribution in [1.82, 2.24) is 5.32 Å². The van der Waals surface area contributed by atoms with E-state index < -0.39 is 0 Å². The first-order valence-electron chi connectivity index (χ1n) is 8.49. The van der Waals surface area contributed by atoms with E-state index in [4.69, 9.17) is 0 Å². The topological polar surface area (TPSA) is 49.3 Å². The second-order valence-electron chi connectivity index (χ2n) is 9.92. The first kappa shape index (κ1) is 15.3. The molecule has 4 bridgehead atoms. The molecule has 4 aliphatic carbocycles. The predicted octanol–water partition coefficient (Wildman–Crippen LogP) is 3.12. The molecule has 3 nitrogen and oxygen atoms in total. The van der Waals surface area contributed by atoms with Crippen LogP contribution in [0.4, 0.5) is 0 Å². The molecule has 0 aromatic heterocycles. The van der Waals surface area contributed by atoms with Gasteiger partial charge in [-0.2, -0.15) is 0 Å². The fourth-order valence-electron chi connectivity index (χ4n) is 6.26. The summed E-state index contributed by atoms with van der Waals surface area (Å²) in [6.07, 6.45) is 7.16. The zero-order chi connectivity index (χ0) is 15.5. The van der Waals surface area contributed by atoms with Gasteiger partial charge in [-0.1, -0.05) is 27.7 Å². The first-order valence-corrected chi connectivity index (χ1v) is 8.49. The summed E-state index contributed by atoms with van der Waals surface area (Å²) in [6, 6.07) is 0. The molecule has 0 heterocycles. The van der Waals surface area contributed by atoms with E-state index in [2.05, 4.69) is 19.2 Å². The van der Waals surface area contributed by atoms with Crippen LogP contribution in [0.5, 0.6) is 0 Å². The Bertz CT molecular complexity index is 438. The number of aliphatic hydroxyl groups is 1. The summed E-state index contributed by atoms with van der Waals surface area (Å²) in [6.45, 7) is 9.47. The Kier molecular flexibility index (Phi) is 3.26. The standard InChI is InChI=1S/C18H31NO2/c1-15(2,12-20)11-19-14(21)18-7-13-5-16(3,9-18)8-17(4,6-13)10-18/h13,20H,5-12H2,1-4H3,(H,19,21). The van der Waals surface area contributed by atoms with E-state index in [1.165, 1.54) is 19.3 Å². The van der Waals surface area contributed by atoms with E-state index in [9.17, 15) is 9.90 Å². The quantitative estimate of drug-likeness (QED) is 0.836. The van der Waals surface area contributed by atoms with Crippen LogP contribution in [0, 0.1) is 27.6 Å². The van der Waals surface area contributed by atoms with Crippen LogP contribution < -0.4 is 5.32 Å². The minimum absolute atomic E-state index is 0.109. The van der Waals surface area contributed by atoms with Crippen LogP contribution in [-0.4, -0.2) is 24.2 Å². The Labute approximate surface area is 128 Å². The summed E-state index contributed by atoms with van der Waals surface area (Å²) in [5.41, 5.74) is 0.385. The van der Waals surface area contributed by atoms with Crippen LogP contribution in [0.15, 0.2) is 0 Å². The van der Waals surface area contributed by atoms with Crippen molar-refractivity contribution in [3.63, 3.8) is 0 Å². The number of aliphatic hydroxyl groups excluding tert-OH is 1. The number of hydrogen-bond donors (Lipinski definition) is 2. The van der Waals surface area contributed by atoms with Gasteiger partial charge in [-0.3, -0.25) is 4.79 Å².